The highest BCUT2D eigenvalue weighted by Crippen LogP contribution is 2.34. The summed E-state index contributed by atoms with van der Waals surface area (Å²) in [6, 6.07) is 5.47. The van der Waals surface area contributed by atoms with Gasteiger partial charge in [0.25, 0.3) is 5.56 Å². The molecule has 0 radical (unpaired) electrons. The Morgan fingerprint density at radius 2 is 2.11 bits per heavy atom. The van der Waals surface area contributed by atoms with E-state index in [1.54, 1.807) is 25.1 Å². The van der Waals surface area contributed by atoms with Gasteiger partial charge in [-0.2, -0.15) is 0 Å². The summed E-state index contributed by atoms with van der Waals surface area (Å²) in [6.07, 6.45) is 13.0. The summed E-state index contributed by atoms with van der Waals surface area (Å²) in [5.41, 5.74) is 1.67. The van der Waals surface area contributed by atoms with Crippen molar-refractivity contribution in [3.05, 3.63) is 70.5 Å². The quantitative estimate of drug-likeness (QED) is 0.257. The van der Waals surface area contributed by atoms with Gasteiger partial charge in [-0.25, -0.2) is 4.98 Å². The van der Waals surface area contributed by atoms with Gasteiger partial charge in [0, 0.05) is 18.5 Å². The third kappa shape index (κ3) is 6.40. The van der Waals surface area contributed by atoms with Crippen LogP contribution in [0.5, 0.6) is 11.5 Å². The molecule has 0 saturated carbocycles. The summed E-state index contributed by atoms with van der Waals surface area (Å²) >= 11 is 10.2. The van der Waals surface area contributed by atoms with E-state index in [2.05, 4.69) is 34.4 Å². The van der Waals surface area contributed by atoms with E-state index in [1.165, 1.54) is 23.7 Å². The van der Waals surface area contributed by atoms with Gasteiger partial charge in [0.15, 0.2) is 11.5 Å². The Kier molecular flexibility index (Phi) is 8.75. The van der Waals surface area contributed by atoms with E-state index in [4.69, 9.17) is 21.1 Å². The first-order chi connectivity index (χ1) is 17.1. The number of halogens is 1. The van der Waals surface area contributed by atoms with Gasteiger partial charge in [-0.3, -0.25) is 14.3 Å². The summed E-state index contributed by atoms with van der Waals surface area (Å²) in [7, 11) is 0. The number of aromatic nitrogens is 2. The molecular formula is C27H28ClN3O3S. The smallest absolute Gasteiger partial charge is 0.271 e. The van der Waals surface area contributed by atoms with E-state index < -0.39 is 0 Å². The van der Waals surface area contributed by atoms with Crippen LogP contribution in [-0.2, 0) is 0 Å². The fourth-order valence-corrected chi connectivity index (χ4v) is 4.35. The van der Waals surface area contributed by atoms with Gasteiger partial charge in [-0.15, -0.1) is 30.2 Å². The number of rotatable bonds is 7. The molecule has 1 atom stereocenters. The van der Waals surface area contributed by atoms with Crippen molar-refractivity contribution in [2.75, 3.05) is 32.1 Å². The summed E-state index contributed by atoms with van der Waals surface area (Å²) in [5.74, 6) is 7.44. The van der Waals surface area contributed by atoms with Crippen molar-refractivity contribution in [1.82, 2.24) is 14.5 Å². The Bertz CT molecular complexity index is 1270. The summed E-state index contributed by atoms with van der Waals surface area (Å²) in [6.45, 7) is 5.35. The monoisotopic (exact) mass is 509 g/mol. The molecule has 0 amide bonds. The highest BCUT2D eigenvalue weighted by molar-refractivity contribution is 7.80. The van der Waals surface area contributed by atoms with Gasteiger partial charge >= 0.3 is 0 Å². The lowest BCUT2D eigenvalue weighted by atomic mass is 10.2. The van der Waals surface area contributed by atoms with Crippen LogP contribution >= 0.6 is 24.2 Å². The SMILES string of the molecule is CC#C/C=C(\C=C/CCl)/C=C/c1ncn(-c2ccc3c(c2)OCC(CN2CCCC2)O3)c(=O)c1S. The van der Waals surface area contributed by atoms with Crippen LogP contribution < -0.4 is 15.0 Å². The third-order valence-electron chi connectivity index (χ3n) is 5.78. The van der Waals surface area contributed by atoms with Gasteiger partial charge in [-0.1, -0.05) is 24.1 Å². The zero-order chi connectivity index (χ0) is 24.6. The number of allylic oxidation sites excluding steroid dienone is 5. The summed E-state index contributed by atoms with van der Waals surface area (Å²) in [4.78, 5) is 20.1. The van der Waals surface area contributed by atoms with Gasteiger partial charge in [0.1, 0.15) is 19.0 Å². The minimum absolute atomic E-state index is 0.00693. The molecule has 0 aliphatic carbocycles. The number of hydrogen-bond acceptors (Lipinski definition) is 6. The molecular weight excluding hydrogens is 482 g/mol. The van der Waals surface area contributed by atoms with E-state index in [1.807, 2.05) is 30.4 Å². The first kappa shape index (κ1) is 25.2. The van der Waals surface area contributed by atoms with Crippen LogP contribution in [0, 0.1) is 11.8 Å². The van der Waals surface area contributed by atoms with E-state index in [-0.39, 0.29) is 16.6 Å². The van der Waals surface area contributed by atoms with Crippen LogP contribution in [0.1, 0.15) is 25.5 Å². The number of alkyl halides is 1. The third-order valence-corrected chi connectivity index (χ3v) is 6.38. The lowest BCUT2D eigenvalue weighted by molar-refractivity contribution is 0.0650. The standard InChI is InChI=1S/C27H28ClN3O3S/c1-2-3-7-20(8-6-13-28)9-11-23-26(35)27(32)31(19-29-23)21-10-12-24-25(16-21)33-18-22(34-24)17-30-14-4-5-15-30/h6-12,16,19,22,35H,4-5,13-15,17-18H2,1H3/b8-6-,11-9+,20-7+. The molecule has 0 spiro atoms. The van der Waals surface area contributed by atoms with E-state index >= 15 is 0 Å². The van der Waals surface area contributed by atoms with E-state index in [0.717, 1.165) is 25.2 Å². The van der Waals surface area contributed by atoms with Crippen LogP contribution in [0.25, 0.3) is 11.8 Å². The van der Waals surface area contributed by atoms with Crippen LogP contribution in [0.3, 0.4) is 0 Å². The molecule has 1 aromatic heterocycles. The predicted molar refractivity (Wildman–Crippen MR) is 143 cm³/mol. The summed E-state index contributed by atoms with van der Waals surface area (Å²) < 4.78 is 13.6. The lowest BCUT2D eigenvalue weighted by Gasteiger charge is -2.29. The van der Waals surface area contributed by atoms with Crippen LogP contribution in [0.15, 0.2) is 64.1 Å². The van der Waals surface area contributed by atoms with Crippen LogP contribution in [-0.4, -0.2) is 52.7 Å². The topological polar surface area (TPSA) is 56.6 Å². The Labute approximate surface area is 216 Å². The van der Waals surface area contributed by atoms with Crippen molar-refractivity contribution < 1.29 is 9.47 Å². The van der Waals surface area contributed by atoms with Crippen molar-refractivity contribution in [3.8, 4) is 29.0 Å². The van der Waals surface area contributed by atoms with E-state index in [0.29, 0.717) is 35.4 Å². The molecule has 1 fully saturated rings. The highest BCUT2D eigenvalue weighted by atomic mass is 35.5. The second kappa shape index (κ2) is 12.2. The molecule has 0 N–H and O–H groups in total. The number of thiol groups is 1. The molecule has 2 aromatic rings. The predicted octanol–water partition coefficient (Wildman–Crippen LogP) is 4.51. The molecule has 8 heteroatoms. The second-order valence-electron chi connectivity index (χ2n) is 8.27. The molecule has 1 unspecified atom stereocenters. The minimum Gasteiger partial charge on any atom is -0.486 e. The van der Waals surface area contributed by atoms with Crippen molar-refractivity contribution in [2.45, 2.75) is 30.8 Å². The molecule has 0 bridgehead atoms. The van der Waals surface area contributed by atoms with Gasteiger partial charge in [-0.05, 0) is 62.7 Å². The normalized spacial score (nSPS) is 18.3. The average Bonchev–Trinajstić information content (AvgIpc) is 3.38. The van der Waals surface area contributed by atoms with Gasteiger partial charge in [0.05, 0.1) is 16.3 Å². The maximum absolute atomic E-state index is 13.1. The molecule has 1 saturated heterocycles. The fraction of sp³-hybridized carbons (Fsp3) is 0.333. The van der Waals surface area contributed by atoms with Crippen LogP contribution in [0.4, 0.5) is 0 Å². The lowest BCUT2D eigenvalue weighted by Crippen LogP contribution is -2.39. The zero-order valence-electron chi connectivity index (χ0n) is 19.6. The number of nitrogens with zero attached hydrogens (tertiary/aromatic N) is 3. The first-order valence-corrected chi connectivity index (χ1v) is 12.6. The zero-order valence-corrected chi connectivity index (χ0v) is 21.3. The molecule has 4 rings (SSSR count). The molecule has 2 aliphatic rings. The number of likely N-dealkylation sites (tertiary alicyclic amines) is 1. The molecule has 1 aromatic carbocycles. The maximum Gasteiger partial charge on any atom is 0.271 e. The Morgan fingerprint density at radius 3 is 2.89 bits per heavy atom. The molecule has 35 heavy (non-hydrogen) atoms. The minimum atomic E-state index is -0.276. The average molecular weight is 510 g/mol. The Hall–Kier alpha value is -2.92. The first-order valence-electron chi connectivity index (χ1n) is 11.6. The van der Waals surface area contributed by atoms with E-state index in [9.17, 15) is 4.79 Å². The summed E-state index contributed by atoms with van der Waals surface area (Å²) in [5, 5.41) is 0. The maximum atomic E-state index is 13.1. The molecule has 6 nitrogen and oxygen atoms in total. The van der Waals surface area contributed by atoms with Gasteiger partial charge < -0.3 is 9.47 Å². The fourth-order valence-electron chi connectivity index (χ4n) is 4.02. The second-order valence-corrected chi connectivity index (χ2v) is 9.03. The number of hydrogen-bond donors (Lipinski definition) is 1. The van der Waals surface area contributed by atoms with Crippen molar-refractivity contribution in [1.29, 1.82) is 0 Å². The molecule has 182 valence electrons. The van der Waals surface area contributed by atoms with Crippen molar-refractivity contribution in [2.24, 2.45) is 0 Å². The number of ether oxygens (including phenoxy) is 2. The highest BCUT2D eigenvalue weighted by Gasteiger charge is 2.25. The van der Waals surface area contributed by atoms with Crippen molar-refractivity contribution >= 4 is 30.3 Å². The Balaban J connectivity index is 1.52. The molecule has 3 heterocycles. The number of benzene rings is 1. The van der Waals surface area contributed by atoms with Crippen molar-refractivity contribution in [3.63, 3.8) is 0 Å². The molecule has 2 aliphatic heterocycles. The Morgan fingerprint density at radius 1 is 1.29 bits per heavy atom. The largest absolute Gasteiger partial charge is 0.486 e. The van der Waals surface area contributed by atoms with Crippen LogP contribution in [0.2, 0.25) is 0 Å². The van der Waals surface area contributed by atoms with Gasteiger partial charge in [0.2, 0.25) is 0 Å². The number of fused-ring (bicyclic) bond motifs is 1.